The summed E-state index contributed by atoms with van der Waals surface area (Å²) in [4.78, 5) is 8.66. The van der Waals surface area contributed by atoms with Crippen LogP contribution in [-0.2, 0) is 0 Å². The standard InChI is InChI=1S/C15H21ClN4/c1-19(2)9-8-17-13-10-18-15(20(3)4)14-11(13)6-5-7-12(14)16/h5-7,10,17H,8-9H2,1-4H3. The molecule has 0 fully saturated rings. The second-order valence-corrected chi connectivity index (χ2v) is 5.69. The Balaban J connectivity index is 2.42. The molecular weight excluding hydrogens is 272 g/mol. The first-order valence-corrected chi connectivity index (χ1v) is 7.01. The number of pyridine rings is 1. The van der Waals surface area contributed by atoms with E-state index in [4.69, 9.17) is 11.6 Å². The van der Waals surface area contributed by atoms with Crippen LogP contribution in [0.25, 0.3) is 10.8 Å². The zero-order valence-electron chi connectivity index (χ0n) is 12.4. The summed E-state index contributed by atoms with van der Waals surface area (Å²) in [5.74, 6) is 0.892. The molecule has 0 saturated carbocycles. The number of benzene rings is 1. The van der Waals surface area contributed by atoms with E-state index in [0.29, 0.717) is 0 Å². The molecule has 108 valence electrons. The van der Waals surface area contributed by atoms with Gasteiger partial charge in [0.05, 0.1) is 16.9 Å². The summed E-state index contributed by atoms with van der Waals surface area (Å²) in [7, 11) is 8.07. The van der Waals surface area contributed by atoms with Gasteiger partial charge in [-0.1, -0.05) is 23.7 Å². The first-order valence-electron chi connectivity index (χ1n) is 6.64. The first-order chi connectivity index (χ1) is 9.50. The molecule has 20 heavy (non-hydrogen) atoms. The van der Waals surface area contributed by atoms with E-state index in [1.165, 1.54) is 0 Å². The quantitative estimate of drug-likeness (QED) is 0.918. The van der Waals surface area contributed by atoms with Crippen molar-refractivity contribution in [2.75, 3.05) is 51.5 Å². The number of likely N-dealkylation sites (N-methyl/N-ethyl adjacent to an activating group) is 1. The third kappa shape index (κ3) is 3.14. The lowest BCUT2D eigenvalue weighted by Gasteiger charge is -2.18. The molecule has 0 saturated heterocycles. The van der Waals surface area contributed by atoms with Gasteiger partial charge in [0.25, 0.3) is 0 Å². The highest BCUT2D eigenvalue weighted by atomic mass is 35.5. The molecule has 1 N–H and O–H groups in total. The Morgan fingerprint density at radius 3 is 2.60 bits per heavy atom. The third-order valence-electron chi connectivity index (χ3n) is 3.14. The number of fused-ring (bicyclic) bond motifs is 1. The molecule has 0 radical (unpaired) electrons. The van der Waals surface area contributed by atoms with Crippen LogP contribution in [-0.4, -0.2) is 51.2 Å². The molecule has 1 aromatic heterocycles. The van der Waals surface area contributed by atoms with Gasteiger partial charge in [-0.3, -0.25) is 0 Å². The number of nitrogens with one attached hydrogen (secondary N) is 1. The average molecular weight is 293 g/mol. The van der Waals surface area contributed by atoms with E-state index in [0.717, 1.165) is 40.4 Å². The van der Waals surface area contributed by atoms with Crippen LogP contribution >= 0.6 is 11.6 Å². The molecule has 0 atom stereocenters. The highest BCUT2D eigenvalue weighted by Gasteiger charge is 2.11. The van der Waals surface area contributed by atoms with E-state index < -0.39 is 0 Å². The maximum Gasteiger partial charge on any atom is 0.137 e. The van der Waals surface area contributed by atoms with Crippen molar-refractivity contribution >= 4 is 33.9 Å². The molecular formula is C15H21ClN4. The zero-order valence-corrected chi connectivity index (χ0v) is 13.2. The topological polar surface area (TPSA) is 31.4 Å². The number of anilines is 2. The van der Waals surface area contributed by atoms with Gasteiger partial charge in [0.1, 0.15) is 5.82 Å². The second kappa shape index (κ2) is 6.29. The SMILES string of the molecule is CN(C)CCNc1cnc(N(C)C)c2c(Cl)cccc12. The smallest absolute Gasteiger partial charge is 0.137 e. The van der Waals surface area contributed by atoms with E-state index in [9.17, 15) is 0 Å². The molecule has 0 aliphatic rings. The van der Waals surface area contributed by atoms with Crippen molar-refractivity contribution in [1.82, 2.24) is 9.88 Å². The highest BCUT2D eigenvalue weighted by Crippen LogP contribution is 2.34. The van der Waals surface area contributed by atoms with Gasteiger partial charge in [-0.2, -0.15) is 0 Å². The van der Waals surface area contributed by atoms with Crippen molar-refractivity contribution in [3.05, 3.63) is 29.4 Å². The Labute approximate surface area is 125 Å². The molecule has 2 aromatic rings. The summed E-state index contributed by atoms with van der Waals surface area (Å²) >= 11 is 6.36. The first kappa shape index (κ1) is 14.9. The van der Waals surface area contributed by atoms with Crippen molar-refractivity contribution in [2.45, 2.75) is 0 Å². The van der Waals surface area contributed by atoms with Crippen LogP contribution in [0.3, 0.4) is 0 Å². The summed E-state index contributed by atoms with van der Waals surface area (Å²) in [6, 6.07) is 5.96. The summed E-state index contributed by atoms with van der Waals surface area (Å²) in [6.45, 7) is 1.84. The molecule has 5 heteroatoms. The zero-order chi connectivity index (χ0) is 14.7. The molecule has 4 nitrogen and oxygen atoms in total. The number of aromatic nitrogens is 1. The lowest BCUT2D eigenvalue weighted by molar-refractivity contribution is 0.425. The molecule has 0 bridgehead atoms. The van der Waals surface area contributed by atoms with E-state index in [1.807, 2.05) is 37.3 Å². The van der Waals surface area contributed by atoms with Crippen LogP contribution in [0.15, 0.2) is 24.4 Å². The van der Waals surface area contributed by atoms with Crippen molar-refractivity contribution < 1.29 is 0 Å². The van der Waals surface area contributed by atoms with Gasteiger partial charge in [0.2, 0.25) is 0 Å². The maximum absolute atomic E-state index is 6.36. The molecule has 0 spiro atoms. The van der Waals surface area contributed by atoms with Gasteiger partial charge < -0.3 is 15.1 Å². The fourth-order valence-electron chi connectivity index (χ4n) is 2.13. The molecule has 0 unspecified atom stereocenters. The summed E-state index contributed by atoms with van der Waals surface area (Å²) in [5, 5.41) is 6.26. The van der Waals surface area contributed by atoms with E-state index in [2.05, 4.69) is 35.4 Å². The number of rotatable bonds is 5. The molecule has 0 aliphatic carbocycles. The van der Waals surface area contributed by atoms with Crippen molar-refractivity contribution in [2.24, 2.45) is 0 Å². The summed E-state index contributed by atoms with van der Waals surface area (Å²) in [6.07, 6.45) is 1.88. The van der Waals surface area contributed by atoms with Gasteiger partial charge in [-0.05, 0) is 20.2 Å². The van der Waals surface area contributed by atoms with Gasteiger partial charge in [-0.15, -0.1) is 0 Å². The minimum absolute atomic E-state index is 0.731. The second-order valence-electron chi connectivity index (χ2n) is 5.28. The Morgan fingerprint density at radius 1 is 1.20 bits per heavy atom. The van der Waals surface area contributed by atoms with E-state index in [1.54, 1.807) is 0 Å². The number of hydrogen-bond donors (Lipinski definition) is 1. The number of nitrogens with zero attached hydrogens (tertiary/aromatic N) is 3. The van der Waals surface area contributed by atoms with Crippen molar-refractivity contribution in [3.8, 4) is 0 Å². The molecule has 1 aromatic carbocycles. The van der Waals surface area contributed by atoms with Crippen LogP contribution in [0.2, 0.25) is 5.02 Å². The monoisotopic (exact) mass is 292 g/mol. The predicted octanol–water partition coefficient (Wildman–Crippen LogP) is 2.93. The van der Waals surface area contributed by atoms with Gasteiger partial charge in [-0.25, -0.2) is 4.98 Å². The minimum atomic E-state index is 0.731. The summed E-state index contributed by atoms with van der Waals surface area (Å²) in [5.41, 5.74) is 1.02. The highest BCUT2D eigenvalue weighted by molar-refractivity contribution is 6.37. The summed E-state index contributed by atoms with van der Waals surface area (Å²) < 4.78 is 0. The van der Waals surface area contributed by atoms with E-state index in [-0.39, 0.29) is 0 Å². The fraction of sp³-hybridized carbons (Fsp3) is 0.400. The lowest BCUT2D eigenvalue weighted by Crippen LogP contribution is -2.21. The number of hydrogen-bond acceptors (Lipinski definition) is 4. The van der Waals surface area contributed by atoms with Crippen molar-refractivity contribution in [1.29, 1.82) is 0 Å². The molecule has 1 heterocycles. The lowest BCUT2D eigenvalue weighted by atomic mass is 10.1. The van der Waals surface area contributed by atoms with Crippen LogP contribution in [0, 0.1) is 0 Å². The number of halogens is 1. The molecule has 2 rings (SSSR count). The molecule has 0 aliphatic heterocycles. The Kier molecular flexibility index (Phi) is 4.68. The maximum atomic E-state index is 6.36. The van der Waals surface area contributed by atoms with Crippen LogP contribution in [0.4, 0.5) is 11.5 Å². The normalized spacial score (nSPS) is 11.1. The third-order valence-corrected chi connectivity index (χ3v) is 3.46. The van der Waals surface area contributed by atoms with Crippen LogP contribution < -0.4 is 10.2 Å². The van der Waals surface area contributed by atoms with E-state index >= 15 is 0 Å². The van der Waals surface area contributed by atoms with Crippen LogP contribution in [0.5, 0.6) is 0 Å². The van der Waals surface area contributed by atoms with Crippen LogP contribution in [0.1, 0.15) is 0 Å². The minimum Gasteiger partial charge on any atom is -0.382 e. The van der Waals surface area contributed by atoms with Gasteiger partial charge >= 0.3 is 0 Å². The Morgan fingerprint density at radius 2 is 1.95 bits per heavy atom. The average Bonchev–Trinajstić information content (AvgIpc) is 2.38. The van der Waals surface area contributed by atoms with Gasteiger partial charge in [0.15, 0.2) is 0 Å². The molecule has 0 amide bonds. The largest absolute Gasteiger partial charge is 0.382 e. The Bertz CT molecular complexity index is 596. The Hall–Kier alpha value is -1.52. The van der Waals surface area contributed by atoms with Crippen molar-refractivity contribution in [3.63, 3.8) is 0 Å². The fourth-order valence-corrected chi connectivity index (χ4v) is 2.39. The van der Waals surface area contributed by atoms with Gasteiger partial charge in [0, 0.05) is 38.0 Å². The predicted molar refractivity (Wildman–Crippen MR) is 88.1 cm³/mol.